The first-order valence-electron chi connectivity index (χ1n) is 8.76. The number of anilines is 2. The highest BCUT2D eigenvalue weighted by Gasteiger charge is 2.17. The molecule has 2 N–H and O–H groups in total. The van der Waals surface area contributed by atoms with Crippen molar-refractivity contribution in [3.8, 4) is 5.75 Å². The van der Waals surface area contributed by atoms with Gasteiger partial charge in [-0.05, 0) is 48.2 Å². The summed E-state index contributed by atoms with van der Waals surface area (Å²) in [5.41, 5.74) is 3.18. The molecule has 0 atom stereocenters. The zero-order valence-electron chi connectivity index (χ0n) is 15.6. The summed E-state index contributed by atoms with van der Waals surface area (Å²) in [5.74, 6) is 0.797. The molecule has 0 spiro atoms. The van der Waals surface area contributed by atoms with Crippen LogP contribution in [0, 0.1) is 0 Å². The van der Waals surface area contributed by atoms with Crippen LogP contribution >= 0.6 is 0 Å². The molecule has 0 unspecified atom stereocenters. The Morgan fingerprint density at radius 2 is 1.72 bits per heavy atom. The summed E-state index contributed by atoms with van der Waals surface area (Å²) in [4.78, 5) is 12.1. The predicted octanol–water partition coefficient (Wildman–Crippen LogP) is 4.82. The smallest absolute Gasteiger partial charge is 0.226 e. The van der Waals surface area contributed by atoms with Crippen LogP contribution in [0.4, 0.5) is 11.4 Å². The summed E-state index contributed by atoms with van der Waals surface area (Å²) in [7, 11) is 0. The molecule has 0 radical (unpaired) electrons. The van der Waals surface area contributed by atoms with Crippen LogP contribution in [-0.2, 0) is 10.2 Å². The fourth-order valence-electron chi connectivity index (χ4n) is 2.63. The van der Waals surface area contributed by atoms with E-state index in [0.717, 1.165) is 17.1 Å². The van der Waals surface area contributed by atoms with Crippen molar-refractivity contribution in [3.63, 3.8) is 0 Å². The van der Waals surface area contributed by atoms with Crippen molar-refractivity contribution in [1.82, 2.24) is 0 Å². The third kappa shape index (κ3) is 5.82. The van der Waals surface area contributed by atoms with Gasteiger partial charge in [0.25, 0.3) is 0 Å². The van der Waals surface area contributed by atoms with Crippen molar-refractivity contribution in [1.29, 1.82) is 0 Å². The molecule has 25 heavy (non-hydrogen) atoms. The average molecular weight is 340 g/mol. The van der Waals surface area contributed by atoms with Gasteiger partial charge < -0.3 is 15.4 Å². The second-order valence-electron chi connectivity index (χ2n) is 6.98. The van der Waals surface area contributed by atoms with Crippen LogP contribution in [0.3, 0.4) is 0 Å². The van der Waals surface area contributed by atoms with E-state index < -0.39 is 0 Å². The number of hydrogen-bond donors (Lipinski definition) is 2. The van der Waals surface area contributed by atoms with Crippen molar-refractivity contribution in [2.75, 3.05) is 23.8 Å². The minimum absolute atomic E-state index is 0.00935. The van der Waals surface area contributed by atoms with E-state index in [9.17, 15) is 4.79 Å². The molecule has 0 fully saturated rings. The van der Waals surface area contributed by atoms with Crippen LogP contribution < -0.4 is 15.4 Å². The Bertz CT molecular complexity index is 688. The first-order chi connectivity index (χ1) is 11.9. The molecule has 134 valence electrons. The number of rotatable bonds is 7. The minimum Gasteiger partial charge on any atom is -0.494 e. The highest BCUT2D eigenvalue weighted by molar-refractivity contribution is 5.91. The molecule has 0 bridgehead atoms. The molecule has 4 heteroatoms. The lowest BCUT2D eigenvalue weighted by Crippen LogP contribution is -2.19. The largest absolute Gasteiger partial charge is 0.494 e. The van der Waals surface area contributed by atoms with Crippen molar-refractivity contribution >= 4 is 17.3 Å². The van der Waals surface area contributed by atoms with Crippen LogP contribution in [0.5, 0.6) is 5.75 Å². The van der Waals surface area contributed by atoms with E-state index in [1.165, 1.54) is 5.56 Å². The lowest BCUT2D eigenvalue weighted by atomic mass is 9.86. The molecular formula is C21H28N2O2. The summed E-state index contributed by atoms with van der Waals surface area (Å²) in [6, 6.07) is 15.7. The Morgan fingerprint density at radius 3 is 2.36 bits per heavy atom. The molecule has 0 aromatic heterocycles. The summed E-state index contributed by atoms with van der Waals surface area (Å²) in [6.07, 6.45) is 0.408. The van der Waals surface area contributed by atoms with Gasteiger partial charge in [0.2, 0.25) is 5.91 Å². The van der Waals surface area contributed by atoms with Gasteiger partial charge in [0, 0.05) is 24.3 Å². The van der Waals surface area contributed by atoms with E-state index in [1.54, 1.807) is 0 Å². The van der Waals surface area contributed by atoms with Crippen molar-refractivity contribution in [2.45, 2.75) is 39.5 Å². The van der Waals surface area contributed by atoms with Gasteiger partial charge in [-0.1, -0.05) is 39.0 Å². The monoisotopic (exact) mass is 340 g/mol. The van der Waals surface area contributed by atoms with Crippen LogP contribution in [-0.4, -0.2) is 19.1 Å². The van der Waals surface area contributed by atoms with Crippen LogP contribution in [0.2, 0.25) is 0 Å². The Labute approximate surface area is 150 Å². The number of benzene rings is 2. The number of amides is 1. The number of carbonyl (C=O) groups is 1. The van der Waals surface area contributed by atoms with E-state index in [-0.39, 0.29) is 11.3 Å². The van der Waals surface area contributed by atoms with Gasteiger partial charge in [0.05, 0.1) is 6.61 Å². The first-order valence-corrected chi connectivity index (χ1v) is 8.76. The Hall–Kier alpha value is -2.49. The number of para-hydroxylation sites is 1. The maximum absolute atomic E-state index is 12.1. The molecule has 0 saturated heterocycles. The van der Waals surface area contributed by atoms with E-state index in [2.05, 4.69) is 43.5 Å². The van der Waals surface area contributed by atoms with Crippen LogP contribution in [0.25, 0.3) is 0 Å². The Morgan fingerprint density at radius 1 is 1.04 bits per heavy atom. The summed E-state index contributed by atoms with van der Waals surface area (Å²) in [5, 5.41) is 6.29. The highest BCUT2D eigenvalue weighted by Crippen LogP contribution is 2.29. The van der Waals surface area contributed by atoms with Gasteiger partial charge in [-0.3, -0.25) is 4.79 Å². The van der Waals surface area contributed by atoms with E-state index in [0.29, 0.717) is 19.6 Å². The zero-order valence-corrected chi connectivity index (χ0v) is 15.6. The predicted molar refractivity (Wildman–Crippen MR) is 104 cm³/mol. The van der Waals surface area contributed by atoms with Gasteiger partial charge in [-0.15, -0.1) is 0 Å². The van der Waals surface area contributed by atoms with Gasteiger partial charge >= 0.3 is 0 Å². The molecule has 4 nitrogen and oxygen atoms in total. The molecule has 0 aliphatic carbocycles. The van der Waals surface area contributed by atoms with E-state index >= 15 is 0 Å². The van der Waals surface area contributed by atoms with Gasteiger partial charge in [0.15, 0.2) is 0 Å². The molecule has 2 rings (SSSR count). The van der Waals surface area contributed by atoms with Gasteiger partial charge in [0.1, 0.15) is 5.75 Å². The Balaban J connectivity index is 1.85. The number of carbonyl (C=O) groups excluding carboxylic acids is 1. The highest BCUT2D eigenvalue weighted by atomic mass is 16.5. The fraction of sp³-hybridized carbons (Fsp3) is 0.381. The average Bonchev–Trinajstić information content (AvgIpc) is 2.56. The summed E-state index contributed by atoms with van der Waals surface area (Å²) < 4.78 is 5.40. The van der Waals surface area contributed by atoms with Crippen molar-refractivity contribution < 1.29 is 9.53 Å². The third-order valence-corrected chi connectivity index (χ3v) is 3.85. The number of ether oxygens (including phenoxy) is 1. The van der Waals surface area contributed by atoms with E-state index in [4.69, 9.17) is 4.74 Å². The maximum Gasteiger partial charge on any atom is 0.226 e. The second-order valence-corrected chi connectivity index (χ2v) is 6.98. The topological polar surface area (TPSA) is 50.4 Å². The van der Waals surface area contributed by atoms with Crippen molar-refractivity contribution in [3.05, 3.63) is 54.1 Å². The van der Waals surface area contributed by atoms with Crippen LogP contribution in [0.1, 0.15) is 39.7 Å². The third-order valence-electron chi connectivity index (χ3n) is 3.85. The molecule has 2 aromatic carbocycles. The molecule has 2 aromatic rings. The lowest BCUT2D eigenvalue weighted by Gasteiger charge is -2.23. The summed E-state index contributed by atoms with van der Waals surface area (Å²) >= 11 is 0. The second kappa shape index (κ2) is 8.56. The molecule has 0 aliphatic heterocycles. The van der Waals surface area contributed by atoms with Crippen LogP contribution in [0.15, 0.2) is 48.5 Å². The first kappa shape index (κ1) is 18.8. The molecule has 0 aliphatic rings. The van der Waals surface area contributed by atoms with Gasteiger partial charge in [-0.25, -0.2) is 0 Å². The number of nitrogens with one attached hydrogen (secondary N) is 2. The standard InChI is InChI=1S/C21H28N2O2/c1-5-25-17-12-10-16(11-13-17)23-20(24)14-15-22-19-9-7-6-8-18(19)21(2,3)4/h6-13,22H,5,14-15H2,1-4H3,(H,23,24). The zero-order chi connectivity index (χ0) is 18.3. The normalized spacial score (nSPS) is 11.0. The van der Waals surface area contributed by atoms with Crippen molar-refractivity contribution in [2.24, 2.45) is 0 Å². The molecule has 0 heterocycles. The lowest BCUT2D eigenvalue weighted by molar-refractivity contribution is -0.115. The Kier molecular flexibility index (Phi) is 6.45. The summed E-state index contributed by atoms with van der Waals surface area (Å²) in [6.45, 7) is 9.73. The quantitative estimate of drug-likeness (QED) is 0.759. The molecule has 0 saturated carbocycles. The fourth-order valence-corrected chi connectivity index (χ4v) is 2.63. The van der Waals surface area contributed by atoms with E-state index in [1.807, 2.05) is 43.3 Å². The maximum atomic E-state index is 12.1. The molecular weight excluding hydrogens is 312 g/mol. The minimum atomic E-state index is -0.00935. The molecule has 1 amide bonds. The van der Waals surface area contributed by atoms with Gasteiger partial charge in [-0.2, -0.15) is 0 Å². The SMILES string of the molecule is CCOc1ccc(NC(=O)CCNc2ccccc2C(C)(C)C)cc1. The number of hydrogen-bond acceptors (Lipinski definition) is 3.